The van der Waals surface area contributed by atoms with Crippen LogP contribution in [0.1, 0.15) is 53.4 Å². The van der Waals surface area contributed by atoms with Gasteiger partial charge in [0.05, 0.1) is 12.5 Å². The zero-order valence-electron chi connectivity index (χ0n) is 12.5. The molecule has 0 aliphatic heterocycles. The molecule has 104 valence electrons. The Balaban J connectivity index is 4.13. The molecule has 4 atom stereocenters. The second kappa shape index (κ2) is 9.10. The molecule has 3 nitrogen and oxygen atoms in total. The molecule has 0 aromatic rings. The second-order valence-electron chi connectivity index (χ2n) is 5.43. The van der Waals surface area contributed by atoms with Crippen LogP contribution in [-0.4, -0.2) is 18.9 Å². The van der Waals surface area contributed by atoms with Crippen LogP contribution >= 0.6 is 0 Å². The SMILES string of the molecule is CCC(NC)C(C)CCC(C)C(C)C(=O)CC#N. The smallest absolute Gasteiger partial charge is 0.149 e. The van der Waals surface area contributed by atoms with Gasteiger partial charge < -0.3 is 5.32 Å². The lowest BCUT2D eigenvalue weighted by Gasteiger charge is -2.25. The summed E-state index contributed by atoms with van der Waals surface area (Å²) in [6, 6.07) is 2.50. The van der Waals surface area contributed by atoms with E-state index in [0.717, 1.165) is 19.3 Å². The molecule has 0 amide bonds. The normalized spacial score (nSPS) is 17.6. The van der Waals surface area contributed by atoms with Crippen LogP contribution in [0, 0.1) is 29.1 Å². The van der Waals surface area contributed by atoms with Crippen molar-refractivity contribution >= 4 is 5.78 Å². The number of rotatable bonds is 9. The van der Waals surface area contributed by atoms with Crippen molar-refractivity contribution in [1.82, 2.24) is 5.32 Å². The monoisotopic (exact) mass is 252 g/mol. The third-order valence-corrected chi connectivity index (χ3v) is 4.19. The number of carbonyl (C=O) groups is 1. The number of nitrogens with zero attached hydrogens (tertiary/aromatic N) is 1. The van der Waals surface area contributed by atoms with Crippen molar-refractivity contribution in [2.24, 2.45) is 17.8 Å². The minimum atomic E-state index is 0.00603. The van der Waals surface area contributed by atoms with Crippen molar-refractivity contribution in [2.75, 3.05) is 7.05 Å². The van der Waals surface area contributed by atoms with Gasteiger partial charge in [0.15, 0.2) is 0 Å². The van der Waals surface area contributed by atoms with Gasteiger partial charge >= 0.3 is 0 Å². The van der Waals surface area contributed by atoms with E-state index in [9.17, 15) is 4.79 Å². The highest BCUT2D eigenvalue weighted by Crippen LogP contribution is 2.23. The fourth-order valence-corrected chi connectivity index (χ4v) is 2.42. The lowest BCUT2D eigenvalue weighted by molar-refractivity contribution is -0.122. The average molecular weight is 252 g/mol. The first-order valence-electron chi connectivity index (χ1n) is 7.04. The van der Waals surface area contributed by atoms with Gasteiger partial charge in [-0.05, 0) is 38.1 Å². The zero-order valence-corrected chi connectivity index (χ0v) is 12.5. The van der Waals surface area contributed by atoms with E-state index in [1.807, 2.05) is 20.0 Å². The molecule has 0 aliphatic carbocycles. The molecular weight excluding hydrogens is 224 g/mol. The molecule has 0 saturated carbocycles. The molecule has 0 aromatic heterocycles. The van der Waals surface area contributed by atoms with Gasteiger partial charge in [-0.1, -0.05) is 27.7 Å². The van der Waals surface area contributed by atoms with Crippen LogP contribution in [0.15, 0.2) is 0 Å². The standard InChI is InChI=1S/C15H28N2O/c1-6-14(17-5)12(3)8-7-11(2)13(4)15(18)9-10-16/h11-14,17H,6-9H2,1-5H3. The lowest BCUT2D eigenvalue weighted by atomic mass is 9.84. The van der Waals surface area contributed by atoms with Gasteiger partial charge in [0, 0.05) is 12.0 Å². The fourth-order valence-electron chi connectivity index (χ4n) is 2.42. The Kier molecular flexibility index (Phi) is 8.66. The quantitative estimate of drug-likeness (QED) is 0.686. The first kappa shape index (κ1) is 17.1. The molecule has 0 radical (unpaired) electrons. The van der Waals surface area contributed by atoms with E-state index in [1.165, 1.54) is 0 Å². The van der Waals surface area contributed by atoms with Gasteiger partial charge in [-0.3, -0.25) is 4.79 Å². The van der Waals surface area contributed by atoms with Crippen molar-refractivity contribution in [3.05, 3.63) is 0 Å². The Hall–Kier alpha value is -0.880. The van der Waals surface area contributed by atoms with Gasteiger partial charge in [-0.15, -0.1) is 0 Å². The van der Waals surface area contributed by atoms with Crippen molar-refractivity contribution in [3.63, 3.8) is 0 Å². The number of ketones is 1. The van der Waals surface area contributed by atoms with Crippen LogP contribution in [0.25, 0.3) is 0 Å². The second-order valence-corrected chi connectivity index (χ2v) is 5.43. The third-order valence-electron chi connectivity index (χ3n) is 4.19. The van der Waals surface area contributed by atoms with Gasteiger partial charge in [0.25, 0.3) is 0 Å². The third kappa shape index (κ3) is 5.64. The van der Waals surface area contributed by atoms with E-state index in [1.54, 1.807) is 0 Å². The zero-order chi connectivity index (χ0) is 14.1. The van der Waals surface area contributed by atoms with E-state index < -0.39 is 0 Å². The molecule has 0 fully saturated rings. The predicted octanol–water partition coefficient (Wildman–Crippen LogP) is 3.16. The van der Waals surface area contributed by atoms with Crippen LogP contribution in [0.4, 0.5) is 0 Å². The maximum Gasteiger partial charge on any atom is 0.149 e. The summed E-state index contributed by atoms with van der Waals surface area (Å²) < 4.78 is 0. The highest BCUT2D eigenvalue weighted by Gasteiger charge is 2.21. The van der Waals surface area contributed by atoms with Crippen molar-refractivity contribution in [1.29, 1.82) is 5.26 Å². The van der Waals surface area contributed by atoms with Gasteiger partial charge in [0.1, 0.15) is 5.78 Å². The number of nitrogens with one attached hydrogen (secondary N) is 1. The lowest BCUT2D eigenvalue weighted by Crippen LogP contribution is -2.31. The number of hydrogen-bond acceptors (Lipinski definition) is 3. The molecule has 0 saturated heterocycles. The molecule has 0 aromatic carbocycles. The minimum Gasteiger partial charge on any atom is -0.317 e. The minimum absolute atomic E-state index is 0.00603. The van der Waals surface area contributed by atoms with E-state index in [2.05, 4.69) is 26.1 Å². The topological polar surface area (TPSA) is 52.9 Å². The first-order valence-corrected chi connectivity index (χ1v) is 7.04. The Morgan fingerprint density at radius 2 is 1.78 bits per heavy atom. The van der Waals surface area contributed by atoms with Crippen LogP contribution in [0.2, 0.25) is 0 Å². The summed E-state index contributed by atoms with van der Waals surface area (Å²) in [4.78, 5) is 11.6. The highest BCUT2D eigenvalue weighted by molar-refractivity contribution is 5.82. The maximum atomic E-state index is 11.6. The Morgan fingerprint density at radius 3 is 2.22 bits per heavy atom. The summed E-state index contributed by atoms with van der Waals surface area (Å²) in [5.41, 5.74) is 0. The first-order chi connectivity index (χ1) is 8.47. The summed E-state index contributed by atoms with van der Waals surface area (Å²) in [5, 5.41) is 11.9. The van der Waals surface area contributed by atoms with Crippen LogP contribution < -0.4 is 5.32 Å². The van der Waals surface area contributed by atoms with Crippen LogP contribution in [0.5, 0.6) is 0 Å². The molecular formula is C15H28N2O. The number of carbonyl (C=O) groups excluding carboxylic acids is 1. The predicted molar refractivity (Wildman–Crippen MR) is 75.1 cm³/mol. The Labute approximate surface area is 112 Å². The van der Waals surface area contributed by atoms with Gasteiger partial charge in [-0.25, -0.2) is 0 Å². The molecule has 4 unspecified atom stereocenters. The number of Topliss-reactive ketones (excluding diaryl/α,β-unsaturated/α-hetero) is 1. The number of hydrogen-bond donors (Lipinski definition) is 1. The van der Waals surface area contributed by atoms with Crippen molar-refractivity contribution in [3.8, 4) is 6.07 Å². The Morgan fingerprint density at radius 1 is 1.22 bits per heavy atom. The molecule has 0 spiro atoms. The molecule has 0 rings (SSSR count). The van der Waals surface area contributed by atoms with Gasteiger partial charge in [-0.2, -0.15) is 5.26 Å². The van der Waals surface area contributed by atoms with Crippen molar-refractivity contribution < 1.29 is 4.79 Å². The number of nitriles is 1. The summed E-state index contributed by atoms with van der Waals surface area (Å²) >= 11 is 0. The summed E-state index contributed by atoms with van der Waals surface area (Å²) in [6.07, 6.45) is 3.37. The van der Waals surface area contributed by atoms with E-state index in [-0.39, 0.29) is 18.1 Å². The molecule has 0 heterocycles. The Bertz CT molecular complexity index is 279. The summed E-state index contributed by atoms with van der Waals surface area (Å²) in [6.45, 7) is 8.52. The molecule has 0 aliphatic rings. The maximum absolute atomic E-state index is 11.6. The van der Waals surface area contributed by atoms with Gasteiger partial charge in [0.2, 0.25) is 0 Å². The molecule has 18 heavy (non-hydrogen) atoms. The largest absolute Gasteiger partial charge is 0.317 e. The van der Waals surface area contributed by atoms with Crippen LogP contribution in [-0.2, 0) is 4.79 Å². The van der Waals surface area contributed by atoms with Crippen LogP contribution in [0.3, 0.4) is 0 Å². The molecule has 1 N–H and O–H groups in total. The highest BCUT2D eigenvalue weighted by atomic mass is 16.1. The summed E-state index contributed by atoms with van der Waals surface area (Å²) in [5.74, 6) is 1.08. The van der Waals surface area contributed by atoms with E-state index in [0.29, 0.717) is 17.9 Å². The molecule has 3 heteroatoms. The van der Waals surface area contributed by atoms with E-state index in [4.69, 9.17) is 5.26 Å². The molecule has 0 bridgehead atoms. The average Bonchev–Trinajstić information content (AvgIpc) is 2.36. The summed E-state index contributed by atoms with van der Waals surface area (Å²) in [7, 11) is 2.01. The van der Waals surface area contributed by atoms with Crippen molar-refractivity contribution in [2.45, 2.75) is 59.4 Å². The van der Waals surface area contributed by atoms with E-state index >= 15 is 0 Å². The fraction of sp³-hybridized carbons (Fsp3) is 0.867.